The van der Waals surface area contributed by atoms with Crippen LogP contribution < -0.4 is 0 Å². The van der Waals surface area contributed by atoms with Crippen molar-refractivity contribution in [1.29, 1.82) is 0 Å². The van der Waals surface area contributed by atoms with Crippen LogP contribution in [0.4, 0.5) is 13.2 Å². The molecular weight excluding hydrogens is 335 g/mol. The smallest absolute Gasteiger partial charge is 0.390 e. The van der Waals surface area contributed by atoms with Crippen LogP contribution >= 0.6 is 0 Å². The van der Waals surface area contributed by atoms with Gasteiger partial charge in [0, 0.05) is 39.3 Å². The molecule has 0 saturated carbocycles. The van der Waals surface area contributed by atoms with Gasteiger partial charge in [-0.15, -0.1) is 0 Å². The lowest BCUT2D eigenvalue weighted by Gasteiger charge is -2.37. The molecule has 3 rings (SSSR count). The monoisotopic (exact) mass is 357 g/mol. The van der Waals surface area contributed by atoms with E-state index in [0.29, 0.717) is 0 Å². The quantitative estimate of drug-likeness (QED) is 0.862. The third kappa shape index (κ3) is 3.80. The maximum Gasteiger partial charge on any atom is 0.417 e. The molecule has 1 aromatic rings. The highest BCUT2D eigenvalue weighted by molar-refractivity contribution is 5.96. The topological polar surface area (TPSA) is 47.0 Å². The van der Waals surface area contributed by atoms with E-state index in [2.05, 4.69) is 9.80 Å². The minimum Gasteiger partial charge on any atom is -0.390 e. The highest BCUT2D eigenvalue weighted by atomic mass is 19.4. The fourth-order valence-corrected chi connectivity index (χ4v) is 3.53. The molecule has 1 amide bonds. The standard InChI is InChI=1S/C17H22F3N3O2/c1-21-6-8-22(9-7-21)14-10-23(11-15(14)24)16(25)12-4-2-3-5-13(12)17(18,19)20/h2-5,14-15,24H,6-11H2,1H3/t14-,15-/m0/s1. The third-order valence-corrected chi connectivity index (χ3v) is 5.02. The molecule has 1 aromatic carbocycles. The Morgan fingerprint density at radius 1 is 1.12 bits per heavy atom. The summed E-state index contributed by atoms with van der Waals surface area (Å²) in [6.45, 7) is 3.60. The van der Waals surface area contributed by atoms with Crippen LogP contribution in [-0.2, 0) is 6.18 Å². The van der Waals surface area contributed by atoms with Gasteiger partial charge in [0.15, 0.2) is 0 Å². The Morgan fingerprint density at radius 2 is 1.76 bits per heavy atom. The zero-order valence-corrected chi connectivity index (χ0v) is 14.0. The number of hydrogen-bond donors (Lipinski definition) is 1. The van der Waals surface area contributed by atoms with Gasteiger partial charge >= 0.3 is 6.18 Å². The Labute approximate surface area is 144 Å². The second-order valence-electron chi connectivity index (χ2n) is 6.73. The second kappa shape index (κ2) is 6.93. The van der Waals surface area contributed by atoms with Crippen molar-refractivity contribution in [3.05, 3.63) is 35.4 Å². The van der Waals surface area contributed by atoms with Crippen LogP contribution in [0.2, 0.25) is 0 Å². The van der Waals surface area contributed by atoms with Gasteiger partial charge in [0.05, 0.1) is 23.3 Å². The van der Waals surface area contributed by atoms with Gasteiger partial charge in [0.1, 0.15) is 0 Å². The van der Waals surface area contributed by atoms with Crippen molar-refractivity contribution in [1.82, 2.24) is 14.7 Å². The molecule has 2 saturated heterocycles. The van der Waals surface area contributed by atoms with Gasteiger partial charge in [0.2, 0.25) is 0 Å². The summed E-state index contributed by atoms with van der Waals surface area (Å²) in [6.07, 6.45) is -5.33. The van der Waals surface area contributed by atoms with Gasteiger partial charge in [0.25, 0.3) is 5.91 Å². The molecule has 138 valence electrons. The van der Waals surface area contributed by atoms with Crippen LogP contribution in [0.3, 0.4) is 0 Å². The van der Waals surface area contributed by atoms with Crippen LogP contribution in [0.25, 0.3) is 0 Å². The van der Waals surface area contributed by atoms with Crippen molar-refractivity contribution in [2.45, 2.75) is 18.3 Å². The van der Waals surface area contributed by atoms with Crippen LogP contribution in [0, 0.1) is 0 Å². The lowest BCUT2D eigenvalue weighted by molar-refractivity contribution is -0.138. The molecule has 0 spiro atoms. The number of carbonyl (C=O) groups excluding carboxylic acids is 1. The van der Waals surface area contributed by atoms with E-state index in [1.807, 2.05) is 7.05 Å². The molecule has 0 bridgehead atoms. The number of rotatable bonds is 2. The number of β-amino-alcohol motifs (C(OH)–C–C–N with tert-alkyl or cyclic N) is 1. The van der Waals surface area contributed by atoms with E-state index in [4.69, 9.17) is 0 Å². The summed E-state index contributed by atoms with van der Waals surface area (Å²) in [5, 5.41) is 10.3. The van der Waals surface area contributed by atoms with E-state index >= 15 is 0 Å². The average molecular weight is 357 g/mol. The summed E-state index contributed by atoms with van der Waals surface area (Å²) in [4.78, 5) is 18.3. The summed E-state index contributed by atoms with van der Waals surface area (Å²) in [6, 6.07) is 4.58. The van der Waals surface area contributed by atoms with Crippen molar-refractivity contribution in [2.75, 3.05) is 46.3 Å². The lowest BCUT2D eigenvalue weighted by atomic mass is 10.1. The maximum atomic E-state index is 13.1. The number of likely N-dealkylation sites (N-methyl/N-ethyl adjacent to an activating group) is 1. The molecule has 0 aromatic heterocycles. The first-order valence-electron chi connectivity index (χ1n) is 8.33. The number of piperazine rings is 1. The predicted octanol–water partition coefficient (Wildman–Crippen LogP) is 1.14. The zero-order valence-electron chi connectivity index (χ0n) is 14.0. The van der Waals surface area contributed by atoms with Crippen molar-refractivity contribution >= 4 is 5.91 Å². The van der Waals surface area contributed by atoms with E-state index in [0.717, 1.165) is 32.2 Å². The van der Waals surface area contributed by atoms with Crippen LogP contribution in [0.1, 0.15) is 15.9 Å². The number of aliphatic hydroxyl groups excluding tert-OH is 1. The van der Waals surface area contributed by atoms with Gasteiger partial charge in [-0.2, -0.15) is 13.2 Å². The largest absolute Gasteiger partial charge is 0.417 e. The number of nitrogens with zero attached hydrogens (tertiary/aromatic N) is 3. The Morgan fingerprint density at radius 3 is 2.40 bits per heavy atom. The van der Waals surface area contributed by atoms with Crippen molar-refractivity contribution < 1.29 is 23.1 Å². The molecule has 8 heteroatoms. The molecule has 2 fully saturated rings. The van der Waals surface area contributed by atoms with Crippen LogP contribution in [-0.4, -0.2) is 84.2 Å². The number of amides is 1. The molecule has 25 heavy (non-hydrogen) atoms. The molecule has 5 nitrogen and oxygen atoms in total. The number of benzene rings is 1. The minimum atomic E-state index is -4.58. The summed E-state index contributed by atoms with van der Waals surface area (Å²) < 4.78 is 39.4. The van der Waals surface area contributed by atoms with E-state index in [1.165, 1.54) is 23.1 Å². The fraction of sp³-hybridized carbons (Fsp3) is 0.588. The van der Waals surface area contributed by atoms with Gasteiger partial charge in [-0.25, -0.2) is 0 Å². The van der Waals surface area contributed by atoms with Crippen LogP contribution in [0.5, 0.6) is 0 Å². The molecule has 1 N–H and O–H groups in total. The number of hydrogen-bond acceptors (Lipinski definition) is 4. The van der Waals surface area contributed by atoms with Gasteiger partial charge in [-0.1, -0.05) is 12.1 Å². The van der Waals surface area contributed by atoms with E-state index in [-0.39, 0.29) is 24.7 Å². The van der Waals surface area contributed by atoms with Crippen molar-refractivity contribution in [3.63, 3.8) is 0 Å². The number of carbonyl (C=O) groups is 1. The molecular formula is C17H22F3N3O2. The number of alkyl halides is 3. The first-order chi connectivity index (χ1) is 11.8. The molecule has 2 heterocycles. The summed E-state index contributed by atoms with van der Waals surface area (Å²) in [5.74, 6) is -0.677. The molecule has 0 radical (unpaired) electrons. The highest BCUT2D eigenvalue weighted by Gasteiger charge is 2.41. The Hall–Kier alpha value is -1.64. The molecule has 2 atom stereocenters. The Bertz CT molecular complexity index is 630. The van der Waals surface area contributed by atoms with Crippen molar-refractivity contribution in [2.24, 2.45) is 0 Å². The Kier molecular flexibility index (Phi) is 5.04. The van der Waals surface area contributed by atoms with Gasteiger partial charge in [-0.05, 0) is 19.2 Å². The van der Waals surface area contributed by atoms with E-state index < -0.39 is 23.8 Å². The molecule has 2 aliphatic heterocycles. The van der Waals surface area contributed by atoms with Crippen molar-refractivity contribution in [3.8, 4) is 0 Å². The first kappa shape index (κ1) is 18.2. The summed E-state index contributed by atoms with van der Waals surface area (Å²) >= 11 is 0. The molecule has 0 aliphatic carbocycles. The first-order valence-corrected chi connectivity index (χ1v) is 8.33. The van der Waals surface area contributed by atoms with E-state index in [9.17, 15) is 23.1 Å². The number of aliphatic hydroxyl groups is 1. The average Bonchev–Trinajstić information content (AvgIpc) is 2.96. The zero-order chi connectivity index (χ0) is 18.2. The van der Waals surface area contributed by atoms with Gasteiger partial charge < -0.3 is 14.9 Å². The lowest BCUT2D eigenvalue weighted by Crippen LogP contribution is -2.52. The normalized spacial score (nSPS) is 26.2. The second-order valence-corrected chi connectivity index (χ2v) is 6.73. The predicted molar refractivity (Wildman–Crippen MR) is 86.2 cm³/mol. The highest BCUT2D eigenvalue weighted by Crippen LogP contribution is 2.33. The summed E-state index contributed by atoms with van der Waals surface area (Å²) in [7, 11) is 2.02. The maximum absolute atomic E-state index is 13.1. The number of halogens is 3. The number of likely N-dealkylation sites (tertiary alicyclic amines) is 1. The Balaban J connectivity index is 1.74. The molecule has 2 aliphatic rings. The SMILES string of the molecule is CN1CCN([C@H]2CN(C(=O)c3ccccc3C(F)(F)F)C[C@@H]2O)CC1. The molecule has 0 unspecified atom stereocenters. The summed E-state index contributed by atoms with van der Waals surface area (Å²) in [5.41, 5.74) is -1.29. The van der Waals surface area contributed by atoms with E-state index in [1.54, 1.807) is 0 Å². The fourth-order valence-electron chi connectivity index (χ4n) is 3.53. The minimum absolute atomic E-state index is 0.0576. The third-order valence-electron chi connectivity index (χ3n) is 5.02. The van der Waals surface area contributed by atoms with Crippen LogP contribution in [0.15, 0.2) is 24.3 Å². The van der Waals surface area contributed by atoms with Gasteiger partial charge in [-0.3, -0.25) is 9.69 Å².